The van der Waals surface area contributed by atoms with Gasteiger partial charge < -0.3 is 14.0 Å². The molecule has 5 rings (SSSR count). The number of hydrogen-bond acceptors (Lipinski definition) is 4. The van der Waals surface area contributed by atoms with Crippen molar-refractivity contribution < 1.29 is 17.9 Å². The fraction of sp³-hybridized carbons (Fsp3) is 0.200. The fourth-order valence-corrected chi connectivity index (χ4v) is 6.20. The normalized spacial score (nSPS) is 11.7. The van der Waals surface area contributed by atoms with Crippen molar-refractivity contribution in [1.29, 1.82) is 0 Å². The van der Waals surface area contributed by atoms with E-state index in [2.05, 4.69) is 21.4 Å². The van der Waals surface area contributed by atoms with E-state index < -0.39 is 10.0 Å². The molecular weight excluding hydrogens is 484 g/mol. The zero-order valence-corrected chi connectivity index (χ0v) is 22.7. The van der Waals surface area contributed by atoms with Gasteiger partial charge in [0.1, 0.15) is 11.5 Å². The first-order valence-corrected chi connectivity index (χ1v) is 13.5. The van der Waals surface area contributed by atoms with Crippen LogP contribution in [0.4, 0.5) is 5.69 Å². The number of para-hydroxylation sites is 1. The summed E-state index contributed by atoms with van der Waals surface area (Å²) in [5, 5.41) is 2.07. The predicted octanol–water partition coefficient (Wildman–Crippen LogP) is 6.84. The van der Waals surface area contributed by atoms with E-state index in [9.17, 15) is 8.42 Å². The lowest BCUT2D eigenvalue weighted by Gasteiger charge is -2.22. The largest absolute Gasteiger partial charge is 0.496 e. The van der Waals surface area contributed by atoms with Crippen molar-refractivity contribution in [2.45, 2.75) is 32.6 Å². The molecule has 1 N–H and O–H groups in total. The van der Waals surface area contributed by atoms with E-state index in [1.54, 1.807) is 38.5 Å². The summed E-state index contributed by atoms with van der Waals surface area (Å²) < 4.78 is 43.6. The number of nitrogens with one attached hydrogen (secondary N) is 1. The third-order valence-electron chi connectivity index (χ3n) is 6.77. The summed E-state index contributed by atoms with van der Waals surface area (Å²) in [5.41, 5.74) is 6.65. The number of anilines is 1. The van der Waals surface area contributed by atoms with Gasteiger partial charge in [-0.25, -0.2) is 8.42 Å². The Kier molecular flexibility index (Phi) is 6.12. The highest BCUT2D eigenvalue weighted by molar-refractivity contribution is 7.92. The van der Waals surface area contributed by atoms with Gasteiger partial charge in [0, 0.05) is 16.3 Å². The van der Waals surface area contributed by atoms with Gasteiger partial charge in [-0.2, -0.15) is 0 Å². The lowest BCUT2D eigenvalue weighted by Crippen LogP contribution is -2.16. The summed E-state index contributed by atoms with van der Waals surface area (Å²) >= 11 is 0. The Morgan fingerprint density at radius 1 is 0.784 bits per heavy atom. The smallest absolute Gasteiger partial charge is 0.261 e. The van der Waals surface area contributed by atoms with Crippen LogP contribution in [0.2, 0.25) is 0 Å². The topological polar surface area (TPSA) is 69.6 Å². The van der Waals surface area contributed by atoms with Crippen molar-refractivity contribution in [3.63, 3.8) is 0 Å². The highest BCUT2D eigenvalue weighted by Crippen LogP contribution is 2.43. The van der Waals surface area contributed by atoms with Gasteiger partial charge in [-0.1, -0.05) is 35.9 Å². The molecule has 0 fully saturated rings. The summed E-state index contributed by atoms with van der Waals surface area (Å²) in [6, 6.07) is 20.9. The summed E-state index contributed by atoms with van der Waals surface area (Å²) in [4.78, 5) is 0.200. The van der Waals surface area contributed by atoms with Crippen LogP contribution >= 0.6 is 0 Å². The second-order valence-electron chi connectivity index (χ2n) is 9.38. The van der Waals surface area contributed by atoms with Gasteiger partial charge in [-0.3, -0.25) is 4.72 Å². The molecule has 0 aliphatic heterocycles. The Labute approximate surface area is 217 Å². The first-order chi connectivity index (χ1) is 17.7. The van der Waals surface area contributed by atoms with E-state index in [4.69, 9.17) is 9.47 Å². The number of aromatic nitrogens is 1. The minimum atomic E-state index is -3.86. The van der Waals surface area contributed by atoms with Crippen molar-refractivity contribution in [2.75, 3.05) is 18.9 Å². The van der Waals surface area contributed by atoms with Gasteiger partial charge in [0.15, 0.2) is 0 Å². The predicted molar refractivity (Wildman–Crippen MR) is 150 cm³/mol. The third kappa shape index (κ3) is 4.09. The van der Waals surface area contributed by atoms with Gasteiger partial charge in [0.2, 0.25) is 0 Å². The molecule has 0 saturated heterocycles. The Morgan fingerprint density at radius 2 is 1.49 bits per heavy atom. The van der Waals surface area contributed by atoms with E-state index in [0.717, 1.165) is 44.1 Å². The Hall–Kier alpha value is -3.97. The van der Waals surface area contributed by atoms with Crippen LogP contribution in [0.5, 0.6) is 11.5 Å². The van der Waals surface area contributed by atoms with E-state index in [1.807, 2.05) is 58.0 Å². The third-order valence-corrected chi connectivity index (χ3v) is 8.15. The van der Waals surface area contributed by atoms with Crippen LogP contribution in [0.3, 0.4) is 0 Å². The molecule has 0 atom stereocenters. The van der Waals surface area contributed by atoms with Gasteiger partial charge in [0.05, 0.1) is 41.5 Å². The van der Waals surface area contributed by atoms with E-state index in [1.165, 1.54) is 0 Å². The average Bonchev–Trinajstić information content (AvgIpc) is 3.18. The lowest BCUT2D eigenvalue weighted by atomic mass is 10.1. The fourth-order valence-electron chi connectivity index (χ4n) is 5.14. The van der Waals surface area contributed by atoms with Crippen molar-refractivity contribution in [1.82, 2.24) is 4.57 Å². The number of aryl methyl sites for hydroxylation is 3. The van der Waals surface area contributed by atoms with Crippen LogP contribution in [0.1, 0.15) is 22.3 Å². The highest BCUT2D eigenvalue weighted by Gasteiger charge is 2.25. The summed E-state index contributed by atoms with van der Waals surface area (Å²) in [6.07, 6.45) is 0. The maximum atomic E-state index is 13.5. The number of sulfonamides is 1. The molecule has 0 saturated carbocycles. The molecule has 0 unspecified atom stereocenters. The minimum absolute atomic E-state index is 0.200. The lowest BCUT2D eigenvalue weighted by molar-refractivity contribution is 0.408. The molecule has 1 aromatic heterocycles. The Bertz CT molecular complexity index is 1770. The molecule has 0 bridgehead atoms. The molecule has 37 heavy (non-hydrogen) atoms. The van der Waals surface area contributed by atoms with Crippen molar-refractivity contribution in [3.8, 4) is 17.2 Å². The zero-order chi connectivity index (χ0) is 26.5. The molecule has 4 aromatic carbocycles. The first-order valence-electron chi connectivity index (χ1n) is 12.0. The second-order valence-corrected chi connectivity index (χ2v) is 11.1. The molecular formula is C30H30N2O4S. The maximum Gasteiger partial charge on any atom is 0.261 e. The number of nitrogens with zero attached hydrogens (tertiary/aromatic N) is 1. The first kappa shape index (κ1) is 24.7. The van der Waals surface area contributed by atoms with Crippen LogP contribution in [-0.4, -0.2) is 27.2 Å². The molecule has 7 heteroatoms. The number of ether oxygens (including phenoxy) is 2. The Balaban J connectivity index is 1.88. The molecule has 0 aliphatic rings. The van der Waals surface area contributed by atoms with Crippen LogP contribution in [0, 0.1) is 27.7 Å². The van der Waals surface area contributed by atoms with Gasteiger partial charge in [-0.05, 0) is 75.2 Å². The molecule has 0 aliphatic carbocycles. The second kappa shape index (κ2) is 9.16. The molecule has 5 aromatic rings. The number of rotatable bonds is 6. The number of hydrogen-bond donors (Lipinski definition) is 1. The Morgan fingerprint density at radius 3 is 2.16 bits per heavy atom. The van der Waals surface area contributed by atoms with Crippen LogP contribution in [0.25, 0.3) is 27.5 Å². The summed E-state index contributed by atoms with van der Waals surface area (Å²) in [6.45, 7) is 7.83. The van der Waals surface area contributed by atoms with Crippen molar-refractivity contribution in [2.24, 2.45) is 0 Å². The standard InChI is InChI=1S/C30H30N2O4S/c1-18-11-13-22(14-12-18)37(33,34)31-25-17-20(3)30(36-6)21(4)28(25)32-26-10-8-7-9-23(26)24-15-19(2)16-27(35-5)29(24)32/h7-17,31H,1-6H3. The average molecular weight is 515 g/mol. The van der Waals surface area contributed by atoms with Gasteiger partial charge >= 0.3 is 0 Å². The number of benzene rings is 4. The quantitative estimate of drug-likeness (QED) is 0.269. The van der Waals surface area contributed by atoms with Gasteiger partial charge in [-0.15, -0.1) is 0 Å². The highest BCUT2D eigenvalue weighted by atomic mass is 32.2. The molecule has 0 spiro atoms. The maximum absolute atomic E-state index is 13.5. The van der Waals surface area contributed by atoms with Gasteiger partial charge in [0.25, 0.3) is 10.0 Å². The van der Waals surface area contributed by atoms with Crippen molar-refractivity contribution >= 4 is 37.5 Å². The number of methoxy groups -OCH3 is 2. The monoisotopic (exact) mass is 514 g/mol. The minimum Gasteiger partial charge on any atom is -0.496 e. The summed E-state index contributed by atoms with van der Waals surface area (Å²) in [7, 11) is -0.578. The van der Waals surface area contributed by atoms with E-state index in [0.29, 0.717) is 22.9 Å². The molecule has 190 valence electrons. The van der Waals surface area contributed by atoms with Crippen LogP contribution < -0.4 is 14.2 Å². The number of fused-ring (bicyclic) bond motifs is 3. The van der Waals surface area contributed by atoms with Crippen LogP contribution in [-0.2, 0) is 10.0 Å². The zero-order valence-electron chi connectivity index (χ0n) is 21.8. The van der Waals surface area contributed by atoms with Crippen LogP contribution in [0.15, 0.2) is 71.6 Å². The van der Waals surface area contributed by atoms with E-state index >= 15 is 0 Å². The van der Waals surface area contributed by atoms with E-state index in [-0.39, 0.29) is 4.90 Å². The van der Waals surface area contributed by atoms with Crippen molar-refractivity contribution in [3.05, 3.63) is 89.0 Å². The molecule has 1 heterocycles. The molecule has 0 amide bonds. The molecule has 6 nitrogen and oxygen atoms in total. The summed E-state index contributed by atoms with van der Waals surface area (Å²) in [5.74, 6) is 1.41. The molecule has 0 radical (unpaired) electrons. The SMILES string of the molecule is COc1c(C)cc(NS(=O)(=O)c2ccc(C)cc2)c(-n2c3ccccc3c3cc(C)cc(OC)c32)c1C.